The summed E-state index contributed by atoms with van der Waals surface area (Å²) in [5, 5.41) is 3.05. The summed E-state index contributed by atoms with van der Waals surface area (Å²) in [5.74, 6) is 0.603. The van der Waals surface area contributed by atoms with Crippen LogP contribution in [0.15, 0.2) is 28.7 Å². The van der Waals surface area contributed by atoms with Crippen LogP contribution in [0.2, 0.25) is 0 Å². The fraction of sp³-hybridized carbons (Fsp3) is 0.533. The molecule has 1 aromatic rings. The van der Waals surface area contributed by atoms with Crippen LogP contribution in [-0.2, 0) is 0 Å². The van der Waals surface area contributed by atoms with Crippen molar-refractivity contribution in [3.05, 3.63) is 34.3 Å². The number of alkyl halides is 1. The van der Waals surface area contributed by atoms with Crippen molar-refractivity contribution < 1.29 is 4.79 Å². The van der Waals surface area contributed by atoms with Gasteiger partial charge in [-0.05, 0) is 40.9 Å². The standard InChI is InChI=1S/C15H19BrClNO/c16-13-7-3-2-6-12(13)14(19)18-11-15(10-17)8-4-1-5-9-15/h2-3,6-7H,1,4-5,8-11H2,(H,18,19). The van der Waals surface area contributed by atoms with Gasteiger partial charge in [-0.2, -0.15) is 0 Å². The highest BCUT2D eigenvalue weighted by molar-refractivity contribution is 9.10. The molecule has 104 valence electrons. The van der Waals surface area contributed by atoms with Gasteiger partial charge in [-0.3, -0.25) is 4.79 Å². The van der Waals surface area contributed by atoms with Gasteiger partial charge in [-0.15, -0.1) is 11.6 Å². The average Bonchev–Trinajstić information content (AvgIpc) is 2.46. The second kappa shape index (κ2) is 6.76. The van der Waals surface area contributed by atoms with E-state index in [1.54, 1.807) is 0 Å². The molecule has 0 heterocycles. The molecule has 0 saturated heterocycles. The van der Waals surface area contributed by atoms with E-state index >= 15 is 0 Å². The zero-order valence-corrected chi connectivity index (χ0v) is 13.3. The molecule has 4 heteroatoms. The fourth-order valence-electron chi connectivity index (χ4n) is 2.67. The number of halogens is 2. The van der Waals surface area contributed by atoms with Crippen LogP contribution in [0, 0.1) is 5.41 Å². The normalized spacial score (nSPS) is 18.0. The van der Waals surface area contributed by atoms with E-state index in [-0.39, 0.29) is 11.3 Å². The van der Waals surface area contributed by atoms with Gasteiger partial charge >= 0.3 is 0 Å². The molecule has 0 spiro atoms. The first-order chi connectivity index (χ1) is 9.17. The molecule has 1 fully saturated rings. The number of nitrogens with one attached hydrogen (secondary N) is 1. The lowest BCUT2D eigenvalue weighted by Gasteiger charge is -2.35. The highest BCUT2D eigenvalue weighted by atomic mass is 79.9. The van der Waals surface area contributed by atoms with Gasteiger partial charge in [0.2, 0.25) is 0 Å². The van der Waals surface area contributed by atoms with E-state index in [0.717, 1.165) is 17.3 Å². The number of amides is 1. The van der Waals surface area contributed by atoms with Crippen molar-refractivity contribution in [2.24, 2.45) is 5.41 Å². The number of benzene rings is 1. The first-order valence-corrected chi connectivity index (χ1v) is 8.08. The van der Waals surface area contributed by atoms with E-state index in [2.05, 4.69) is 21.2 Å². The molecule has 1 saturated carbocycles. The Balaban J connectivity index is 1.98. The first kappa shape index (κ1) is 14.9. The smallest absolute Gasteiger partial charge is 0.252 e. The summed E-state index contributed by atoms with van der Waals surface area (Å²) in [6.45, 7) is 0.677. The Morgan fingerprint density at radius 2 is 1.95 bits per heavy atom. The van der Waals surface area contributed by atoms with Crippen molar-refractivity contribution in [3.8, 4) is 0 Å². The Morgan fingerprint density at radius 3 is 2.58 bits per heavy atom. The van der Waals surface area contributed by atoms with Crippen molar-refractivity contribution >= 4 is 33.4 Å². The van der Waals surface area contributed by atoms with E-state index in [0.29, 0.717) is 18.0 Å². The lowest BCUT2D eigenvalue weighted by Crippen LogP contribution is -2.40. The Hall–Kier alpha value is -0.540. The summed E-state index contributed by atoms with van der Waals surface area (Å²) in [4.78, 5) is 12.2. The van der Waals surface area contributed by atoms with Gasteiger partial charge in [0.05, 0.1) is 5.56 Å². The monoisotopic (exact) mass is 343 g/mol. The Morgan fingerprint density at radius 1 is 1.26 bits per heavy atom. The molecule has 0 atom stereocenters. The topological polar surface area (TPSA) is 29.1 Å². The van der Waals surface area contributed by atoms with Crippen LogP contribution in [0.3, 0.4) is 0 Å². The third kappa shape index (κ3) is 3.73. The molecule has 19 heavy (non-hydrogen) atoms. The van der Waals surface area contributed by atoms with Crippen LogP contribution in [0.1, 0.15) is 42.5 Å². The van der Waals surface area contributed by atoms with Gasteiger partial charge < -0.3 is 5.32 Å². The van der Waals surface area contributed by atoms with E-state index in [1.165, 1.54) is 19.3 Å². The minimum atomic E-state index is -0.0254. The number of hydrogen-bond acceptors (Lipinski definition) is 1. The molecule has 1 aliphatic carbocycles. The van der Waals surface area contributed by atoms with Crippen molar-refractivity contribution in [3.63, 3.8) is 0 Å². The molecule has 2 rings (SSSR count). The number of carbonyl (C=O) groups is 1. The Labute approximate surface area is 128 Å². The summed E-state index contributed by atoms with van der Waals surface area (Å²) in [6, 6.07) is 7.49. The van der Waals surface area contributed by atoms with Crippen LogP contribution >= 0.6 is 27.5 Å². The summed E-state index contributed by atoms with van der Waals surface area (Å²) in [7, 11) is 0. The molecule has 0 unspecified atom stereocenters. The molecule has 0 bridgehead atoms. The van der Waals surface area contributed by atoms with Crippen molar-refractivity contribution in [2.75, 3.05) is 12.4 Å². The third-order valence-electron chi connectivity index (χ3n) is 3.94. The molecule has 1 N–H and O–H groups in total. The number of rotatable bonds is 4. The maximum absolute atomic E-state index is 12.2. The van der Waals surface area contributed by atoms with Crippen LogP contribution in [-0.4, -0.2) is 18.3 Å². The molecule has 1 amide bonds. The average molecular weight is 345 g/mol. The highest BCUT2D eigenvalue weighted by Gasteiger charge is 2.31. The molecule has 2 nitrogen and oxygen atoms in total. The van der Waals surface area contributed by atoms with Crippen LogP contribution < -0.4 is 5.32 Å². The van der Waals surface area contributed by atoms with Crippen LogP contribution in [0.25, 0.3) is 0 Å². The largest absolute Gasteiger partial charge is 0.351 e. The van der Waals surface area contributed by atoms with Crippen molar-refractivity contribution in [1.82, 2.24) is 5.32 Å². The maximum atomic E-state index is 12.2. The van der Waals surface area contributed by atoms with Crippen LogP contribution in [0.4, 0.5) is 0 Å². The lowest BCUT2D eigenvalue weighted by atomic mass is 9.75. The van der Waals surface area contributed by atoms with E-state index in [1.807, 2.05) is 24.3 Å². The fourth-order valence-corrected chi connectivity index (χ4v) is 3.49. The van der Waals surface area contributed by atoms with Gasteiger partial charge in [0.25, 0.3) is 5.91 Å². The zero-order chi connectivity index (χ0) is 13.7. The summed E-state index contributed by atoms with van der Waals surface area (Å²) in [6.07, 6.45) is 5.96. The minimum Gasteiger partial charge on any atom is -0.351 e. The Bertz CT molecular complexity index is 444. The molecule has 1 aliphatic rings. The SMILES string of the molecule is O=C(NCC1(CCl)CCCCC1)c1ccccc1Br. The van der Waals surface area contributed by atoms with Gasteiger partial charge in [0.15, 0.2) is 0 Å². The van der Waals surface area contributed by atoms with Crippen LogP contribution in [0.5, 0.6) is 0 Å². The van der Waals surface area contributed by atoms with E-state index < -0.39 is 0 Å². The molecular formula is C15H19BrClNO. The quantitative estimate of drug-likeness (QED) is 0.807. The number of carbonyl (C=O) groups excluding carboxylic acids is 1. The van der Waals surface area contributed by atoms with E-state index in [4.69, 9.17) is 11.6 Å². The Kier molecular flexibility index (Phi) is 5.28. The first-order valence-electron chi connectivity index (χ1n) is 6.76. The summed E-state index contributed by atoms with van der Waals surface area (Å²) < 4.78 is 0.830. The van der Waals surface area contributed by atoms with Gasteiger partial charge in [0, 0.05) is 22.3 Å². The van der Waals surface area contributed by atoms with Crippen molar-refractivity contribution in [2.45, 2.75) is 32.1 Å². The molecule has 0 aromatic heterocycles. The second-order valence-corrected chi connectivity index (χ2v) is 6.48. The van der Waals surface area contributed by atoms with Crippen molar-refractivity contribution in [1.29, 1.82) is 0 Å². The van der Waals surface area contributed by atoms with Gasteiger partial charge in [-0.1, -0.05) is 31.4 Å². The lowest BCUT2D eigenvalue weighted by molar-refractivity contribution is 0.0920. The van der Waals surface area contributed by atoms with Gasteiger partial charge in [0.1, 0.15) is 0 Å². The molecule has 0 radical (unpaired) electrons. The van der Waals surface area contributed by atoms with E-state index in [9.17, 15) is 4.79 Å². The second-order valence-electron chi connectivity index (χ2n) is 5.36. The molecule has 1 aromatic carbocycles. The maximum Gasteiger partial charge on any atom is 0.252 e. The molecular weight excluding hydrogens is 326 g/mol. The number of hydrogen-bond donors (Lipinski definition) is 1. The summed E-state index contributed by atoms with van der Waals surface area (Å²) >= 11 is 9.54. The zero-order valence-electron chi connectivity index (χ0n) is 10.9. The third-order valence-corrected chi connectivity index (χ3v) is 5.20. The van der Waals surface area contributed by atoms with Gasteiger partial charge in [-0.25, -0.2) is 0 Å². The highest BCUT2D eigenvalue weighted by Crippen LogP contribution is 2.36. The molecule has 0 aliphatic heterocycles. The predicted octanol–water partition coefficient (Wildman–Crippen LogP) is 4.37. The predicted molar refractivity (Wildman–Crippen MR) is 82.7 cm³/mol. The summed E-state index contributed by atoms with van der Waals surface area (Å²) in [5.41, 5.74) is 0.777. The minimum absolute atomic E-state index is 0.0254.